The first-order valence-corrected chi connectivity index (χ1v) is 6.52. The first kappa shape index (κ1) is 16.7. The smallest absolute Gasteiger partial charge is 0.316 e. The van der Waals surface area contributed by atoms with Crippen LogP contribution in [0.3, 0.4) is 0 Å². The van der Waals surface area contributed by atoms with Gasteiger partial charge in [-0.15, -0.1) is 0 Å². The van der Waals surface area contributed by atoms with Crippen LogP contribution >= 0.6 is 0 Å². The Bertz CT molecular complexity index is 561. The first-order valence-electron chi connectivity index (χ1n) is 6.52. The third-order valence-electron chi connectivity index (χ3n) is 2.83. The molecule has 0 aliphatic heterocycles. The minimum absolute atomic E-state index is 0.225. The summed E-state index contributed by atoms with van der Waals surface area (Å²) in [4.78, 5) is 34.4. The highest BCUT2D eigenvalue weighted by Gasteiger charge is 2.37. The Hall–Kier alpha value is -2.37. The van der Waals surface area contributed by atoms with E-state index < -0.39 is 23.2 Å². The van der Waals surface area contributed by atoms with Gasteiger partial charge in [0.05, 0.1) is 0 Å². The molecule has 21 heavy (non-hydrogen) atoms. The SMILES string of the molecule is CC(=O)Nc1cccc(NC(=O)C(C(=O)O)C(C)(C)C)c1. The van der Waals surface area contributed by atoms with E-state index in [2.05, 4.69) is 10.6 Å². The largest absolute Gasteiger partial charge is 0.481 e. The summed E-state index contributed by atoms with van der Waals surface area (Å²) >= 11 is 0. The van der Waals surface area contributed by atoms with Crippen molar-refractivity contribution >= 4 is 29.2 Å². The fraction of sp³-hybridized carbons (Fsp3) is 0.400. The summed E-state index contributed by atoms with van der Waals surface area (Å²) in [7, 11) is 0. The molecule has 0 aromatic heterocycles. The van der Waals surface area contributed by atoms with Gasteiger partial charge < -0.3 is 15.7 Å². The Balaban J connectivity index is 2.92. The molecule has 1 aromatic rings. The molecule has 0 bridgehead atoms. The molecule has 0 aliphatic rings. The van der Waals surface area contributed by atoms with E-state index in [-0.39, 0.29) is 5.91 Å². The van der Waals surface area contributed by atoms with Gasteiger partial charge in [0, 0.05) is 18.3 Å². The van der Waals surface area contributed by atoms with Crippen LogP contribution in [0.15, 0.2) is 24.3 Å². The molecule has 0 heterocycles. The van der Waals surface area contributed by atoms with Gasteiger partial charge in [0.15, 0.2) is 0 Å². The number of hydrogen-bond donors (Lipinski definition) is 3. The lowest BCUT2D eigenvalue weighted by molar-refractivity contribution is -0.149. The van der Waals surface area contributed by atoms with Crippen molar-refractivity contribution in [3.05, 3.63) is 24.3 Å². The zero-order valence-electron chi connectivity index (χ0n) is 12.6. The molecule has 1 unspecified atom stereocenters. The summed E-state index contributed by atoms with van der Waals surface area (Å²) in [6, 6.07) is 6.54. The quantitative estimate of drug-likeness (QED) is 0.742. The van der Waals surface area contributed by atoms with Crippen LogP contribution in [0.5, 0.6) is 0 Å². The van der Waals surface area contributed by atoms with Crippen molar-refractivity contribution < 1.29 is 19.5 Å². The van der Waals surface area contributed by atoms with Crippen LogP contribution in [0, 0.1) is 11.3 Å². The highest BCUT2D eigenvalue weighted by molar-refractivity contribution is 6.05. The second-order valence-corrected chi connectivity index (χ2v) is 5.89. The van der Waals surface area contributed by atoms with Crippen molar-refractivity contribution in [1.82, 2.24) is 0 Å². The lowest BCUT2D eigenvalue weighted by Gasteiger charge is -2.25. The molecule has 1 aromatic carbocycles. The van der Waals surface area contributed by atoms with E-state index in [1.165, 1.54) is 6.92 Å². The fourth-order valence-electron chi connectivity index (χ4n) is 1.97. The van der Waals surface area contributed by atoms with Crippen molar-refractivity contribution in [2.75, 3.05) is 10.6 Å². The normalized spacial score (nSPS) is 12.4. The Morgan fingerprint density at radius 1 is 1.10 bits per heavy atom. The summed E-state index contributed by atoms with van der Waals surface area (Å²) in [5, 5.41) is 14.4. The molecule has 0 aliphatic carbocycles. The molecular formula is C15H20N2O4. The van der Waals surface area contributed by atoms with Crippen molar-refractivity contribution in [3.63, 3.8) is 0 Å². The Kier molecular flexibility index (Phi) is 5.07. The van der Waals surface area contributed by atoms with E-state index in [9.17, 15) is 19.5 Å². The number of nitrogens with one attached hydrogen (secondary N) is 2. The van der Waals surface area contributed by atoms with Gasteiger partial charge >= 0.3 is 5.97 Å². The maximum absolute atomic E-state index is 12.2. The molecule has 3 N–H and O–H groups in total. The molecule has 0 fully saturated rings. The van der Waals surface area contributed by atoms with E-state index >= 15 is 0 Å². The molecule has 1 atom stereocenters. The van der Waals surface area contributed by atoms with Crippen molar-refractivity contribution in [3.8, 4) is 0 Å². The van der Waals surface area contributed by atoms with E-state index in [1.54, 1.807) is 45.0 Å². The summed E-state index contributed by atoms with van der Waals surface area (Å²) in [5.41, 5.74) is 0.259. The van der Waals surface area contributed by atoms with Crippen LogP contribution in [0.25, 0.3) is 0 Å². The zero-order chi connectivity index (χ0) is 16.2. The van der Waals surface area contributed by atoms with Gasteiger partial charge in [0.2, 0.25) is 11.8 Å². The monoisotopic (exact) mass is 292 g/mol. The highest BCUT2D eigenvalue weighted by atomic mass is 16.4. The standard InChI is InChI=1S/C15H20N2O4/c1-9(18)16-10-6-5-7-11(8-10)17-13(19)12(14(20)21)15(2,3)4/h5-8,12H,1-4H3,(H,16,18)(H,17,19)(H,20,21). The molecule has 1 rings (SSSR count). The molecule has 0 saturated carbocycles. The predicted molar refractivity (Wildman–Crippen MR) is 80.0 cm³/mol. The van der Waals surface area contributed by atoms with Gasteiger partial charge in [-0.2, -0.15) is 0 Å². The summed E-state index contributed by atoms with van der Waals surface area (Å²) in [6.07, 6.45) is 0. The third kappa shape index (κ3) is 4.91. The molecule has 114 valence electrons. The van der Waals surface area contributed by atoms with Crippen molar-refractivity contribution in [1.29, 1.82) is 0 Å². The van der Waals surface area contributed by atoms with E-state index in [0.717, 1.165) is 0 Å². The minimum Gasteiger partial charge on any atom is -0.481 e. The highest BCUT2D eigenvalue weighted by Crippen LogP contribution is 2.27. The van der Waals surface area contributed by atoms with Gasteiger partial charge in [0.1, 0.15) is 5.92 Å². The molecule has 0 spiro atoms. The number of amides is 2. The summed E-state index contributed by atoms with van der Waals surface area (Å²) in [5.74, 6) is -3.15. The van der Waals surface area contributed by atoms with Crippen LogP contribution in [0.1, 0.15) is 27.7 Å². The third-order valence-corrected chi connectivity index (χ3v) is 2.83. The second-order valence-electron chi connectivity index (χ2n) is 5.89. The van der Waals surface area contributed by atoms with Crippen molar-refractivity contribution in [2.24, 2.45) is 11.3 Å². The number of hydrogen-bond acceptors (Lipinski definition) is 3. The van der Waals surface area contributed by atoms with E-state index in [0.29, 0.717) is 11.4 Å². The summed E-state index contributed by atoms with van der Waals surface area (Å²) < 4.78 is 0. The minimum atomic E-state index is -1.17. The fourth-order valence-corrected chi connectivity index (χ4v) is 1.97. The number of aliphatic carboxylic acids is 1. The number of rotatable bonds is 4. The molecule has 6 heteroatoms. The topological polar surface area (TPSA) is 95.5 Å². The average molecular weight is 292 g/mol. The summed E-state index contributed by atoms with van der Waals surface area (Å²) in [6.45, 7) is 6.46. The first-order chi connectivity index (χ1) is 9.61. The Labute approximate surface area is 123 Å². The van der Waals surface area contributed by atoms with Gasteiger partial charge in [-0.25, -0.2) is 0 Å². The maximum Gasteiger partial charge on any atom is 0.316 e. The number of anilines is 2. The number of carboxylic acids is 1. The van der Waals surface area contributed by atoms with Crippen LogP contribution in [-0.2, 0) is 14.4 Å². The number of benzene rings is 1. The van der Waals surface area contributed by atoms with Crippen LogP contribution in [0.4, 0.5) is 11.4 Å². The van der Waals surface area contributed by atoms with E-state index in [1.807, 2.05) is 0 Å². The van der Waals surface area contributed by atoms with Crippen LogP contribution < -0.4 is 10.6 Å². The lowest BCUT2D eigenvalue weighted by atomic mass is 9.80. The zero-order valence-corrected chi connectivity index (χ0v) is 12.6. The van der Waals surface area contributed by atoms with Gasteiger partial charge in [0.25, 0.3) is 0 Å². The Morgan fingerprint density at radius 3 is 2.05 bits per heavy atom. The Morgan fingerprint density at radius 2 is 1.62 bits per heavy atom. The lowest BCUT2D eigenvalue weighted by Crippen LogP contribution is -2.39. The van der Waals surface area contributed by atoms with Gasteiger partial charge in [-0.1, -0.05) is 26.8 Å². The van der Waals surface area contributed by atoms with Gasteiger partial charge in [-0.05, 0) is 23.6 Å². The second kappa shape index (κ2) is 6.39. The van der Waals surface area contributed by atoms with Crippen molar-refractivity contribution in [2.45, 2.75) is 27.7 Å². The molecular weight excluding hydrogens is 272 g/mol. The van der Waals surface area contributed by atoms with Gasteiger partial charge in [-0.3, -0.25) is 14.4 Å². The number of carbonyl (C=O) groups is 3. The molecule has 6 nitrogen and oxygen atoms in total. The number of carboxylic acid groups (broad SMARTS) is 1. The van der Waals surface area contributed by atoms with Crippen LogP contribution in [-0.4, -0.2) is 22.9 Å². The predicted octanol–water partition coefficient (Wildman–Crippen LogP) is 2.33. The number of carbonyl (C=O) groups excluding carboxylic acids is 2. The maximum atomic E-state index is 12.2. The molecule has 0 radical (unpaired) electrons. The molecule has 0 saturated heterocycles. The van der Waals surface area contributed by atoms with Crippen LogP contribution in [0.2, 0.25) is 0 Å². The molecule has 2 amide bonds. The average Bonchev–Trinajstić information content (AvgIpc) is 2.24. The van der Waals surface area contributed by atoms with E-state index in [4.69, 9.17) is 0 Å².